The lowest BCUT2D eigenvalue weighted by Crippen LogP contribution is -2.25. The first-order valence-corrected chi connectivity index (χ1v) is 7.60. The minimum Gasteiger partial charge on any atom is -0.491 e. The third-order valence-corrected chi connectivity index (χ3v) is 3.18. The first kappa shape index (κ1) is 16.2. The highest BCUT2D eigenvalue weighted by molar-refractivity contribution is 5.33. The standard InChI is InChI=1S/C17H24N4O/c1-11(2)16-18-10-19-17(21-16)20-14(5)9-22-15-7-12(3)6-13(4)8-15/h6-8,10-11,14H,9H2,1-5H3,(H,18,19,20,21). The van der Waals surface area contributed by atoms with Gasteiger partial charge in [-0.25, -0.2) is 9.97 Å². The summed E-state index contributed by atoms with van der Waals surface area (Å²) in [6, 6.07) is 6.31. The van der Waals surface area contributed by atoms with Crippen molar-refractivity contribution >= 4 is 5.95 Å². The van der Waals surface area contributed by atoms with E-state index in [9.17, 15) is 0 Å². The quantitative estimate of drug-likeness (QED) is 0.885. The monoisotopic (exact) mass is 300 g/mol. The van der Waals surface area contributed by atoms with E-state index < -0.39 is 0 Å². The third kappa shape index (κ3) is 4.69. The van der Waals surface area contributed by atoms with E-state index in [2.05, 4.69) is 54.0 Å². The fourth-order valence-electron chi connectivity index (χ4n) is 2.16. The van der Waals surface area contributed by atoms with E-state index in [1.165, 1.54) is 11.1 Å². The molecule has 1 atom stereocenters. The average Bonchev–Trinajstić information content (AvgIpc) is 2.44. The van der Waals surface area contributed by atoms with Gasteiger partial charge in [-0.3, -0.25) is 0 Å². The van der Waals surface area contributed by atoms with Crippen LogP contribution in [0.15, 0.2) is 24.5 Å². The summed E-state index contributed by atoms with van der Waals surface area (Å²) < 4.78 is 5.85. The molecule has 1 heterocycles. The molecule has 0 saturated heterocycles. The number of anilines is 1. The predicted molar refractivity (Wildman–Crippen MR) is 88.4 cm³/mol. The molecule has 22 heavy (non-hydrogen) atoms. The van der Waals surface area contributed by atoms with Crippen molar-refractivity contribution in [2.75, 3.05) is 11.9 Å². The van der Waals surface area contributed by atoms with Crippen LogP contribution in [-0.2, 0) is 0 Å². The zero-order valence-corrected chi connectivity index (χ0v) is 13.9. The van der Waals surface area contributed by atoms with Crippen LogP contribution in [0.3, 0.4) is 0 Å². The number of hydrogen-bond acceptors (Lipinski definition) is 5. The van der Waals surface area contributed by atoms with Gasteiger partial charge in [-0.2, -0.15) is 4.98 Å². The Balaban J connectivity index is 1.92. The number of benzene rings is 1. The minimum absolute atomic E-state index is 0.100. The molecule has 2 rings (SSSR count). The molecule has 2 aromatic rings. The van der Waals surface area contributed by atoms with E-state index in [0.29, 0.717) is 12.6 Å². The molecule has 1 aromatic carbocycles. The normalized spacial score (nSPS) is 12.3. The van der Waals surface area contributed by atoms with Gasteiger partial charge in [0.05, 0.1) is 6.04 Å². The Morgan fingerprint density at radius 3 is 2.36 bits per heavy atom. The molecule has 0 aliphatic rings. The molecule has 0 bridgehead atoms. The highest BCUT2D eigenvalue weighted by atomic mass is 16.5. The second-order valence-electron chi connectivity index (χ2n) is 6.00. The predicted octanol–water partition coefficient (Wildman–Crippen LogP) is 3.49. The van der Waals surface area contributed by atoms with Crippen LogP contribution in [0.1, 0.15) is 43.6 Å². The second-order valence-corrected chi connectivity index (χ2v) is 6.00. The molecule has 0 fully saturated rings. The molecule has 0 aliphatic heterocycles. The molecule has 0 aliphatic carbocycles. The van der Waals surface area contributed by atoms with Gasteiger partial charge >= 0.3 is 0 Å². The van der Waals surface area contributed by atoms with Crippen LogP contribution in [0.25, 0.3) is 0 Å². The van der Waals surface area contributed by atoms with Gasteiger partial charge in [-0.05, 0) is 44.0 Å². The van der Waals surface area contributed by atoms with Gasteiger partial charge < -0.3 is 10.1 Å². The van der Waals surface area contributed by atoms with Crippen LogP contribution in [0.4, 0.5) is 5.95 Å². The SMILES string of the molecule is Cc1cc(C)cc(OCC(C)Nc2ncnc(C(C)C)n2)c1. The lowest BCUT2D eigenvalue weighted by molar-refractivity contribution is 0.303. The van der Waals surface area contributed by atoms with Crippen molar-refractivity contribution in [1.29, 1.82) is 0 Å². The molecule has 1 aromatic heterocycles. The summed E-state index contributed by atoms with van der Waals surface area (Å²) in [6.07, 6.45) is 1.54. The van der Waals surface area contributed by atoms with Crippen LogP contribution in [0, 0.1) is 13.8 Å². The number of nitrogens with one attached hydrogen (secondary N) is 1. The summed E-state index contributed by atoms with van der Waals surface area (Å²) in [5.41, 5.74) is 2.41. The van der Waals surface area contributed by atoms with Crippen LogP contribution in [0.2, 0.25) is 0 Å². The van der Waals surface area contributed by atoms with E-state index >= 15 is 0 Å². The highest BCUT2D eigenvalue weighted by Crippen LogP contribution is 2.16. The summed E-state index contributed by atoms with van der Waals surface area (Å²) in [7, 11) is 0. The minimum atomic E-state index is 0.100. The molecule has 0 radical (unpaired) electrons. The Morgan fingerprint density at radius 2 is 1.73 bits per heavy atom. The molecule has 5 nitrogen and oxygen atoms in total. The summed E-state index contributed by atoms with van der Waals surface area (Å²) in [4.78, 5) is 12.7. The van der Waals surface area contributed by atoms with Crippen molar-refractivity contribution in [1.82, 2.24) is 15.0 Å². The molecule has 0 amide bonds. The zero-order valence-electron chi connectivity index (χ0n) is 13.9. The van der Waals surface area contributed by atoms with Gasteiger partial charge in [0.15, 0.2) is 0 Å². The number of aryl methyl sites for hydroxylation is 2. The summed E-state index contributed by atoms with van der Waals surface area (Å²) in [5.74, 6) is 2.56. The van der Waals surface area contributed by atoms with Crippen LogP contribution in [0.5, 0.6) is 5.75 Å². The van der Waals surface area contributed by atoms with Gasteiger partial charge in [0, 0.05) is 5.92 Å². The van der Waals surface area contributed by atoms with Crippen molar-refractivity contribution in [2.45, 2.75) is 46.6 Å². The maximum atomic E-state index is 5.85. The van der Waals surface area contributed by atoms with E-state index in [4.69, 9.17) is 4.74 Å². The molecule has 118 valence electrons. The summed E-state index contributed by atoms with van der Waals surface area (Å²) >= 11 is 0. The number of ether oxygens (including phenoxy) is 1. The van der Waals surface area contributed by atoms with E-state index in [1.54, 1.807) is 6.33 Å². The van der Waals surface area contributed by atoms with E-state index in [-0.39, 0.29) is 12.0 Å². The van der Waals surface area contributed by atoms with Crippen molar-refractivity contribution < 1.29 is 4.74 Å². The molecule has 5 heteroatoms. The topological polar surface area (TPSA) is 59.9 Å². The molecule has 0 saturated carbocycles. The lowest BCUT2D eigenvalue weighted by atomic mass is 10.1. The summed E-state index contributed by atoms with van der Waals surface area (Å²) in [5, 5.41) is 3.25. The molecule has 1 unspecified atom stereocenters. The van der Waals surface area contributed by atoms with Crippen molar-refractivity contribution in [3.05, 3.63) is 41.5 Å². The molecular formula is C17H24N4O. The van der Waals surface area contributed by atoms with Crippen molar-refractivity contribution in [3.8, 4) is 5.75 Å². The Morgan fingerprint density at radius 1 is 1.05 bits per heavy atom. The smallest absolute Gasteiger partial charge is 0.226 e. The molecule has 1 N–H and O–H groups in total. The maximum Gasteiger partial charge on any atom is 0.226 e. The fraction of sp³-hybridized carbons (Fsp3) is 0.471. The zero-order chi connectivity index (χ0) is 16.1. The Kier molecular flexibility index (Phi) is 5.31. The number of hydrogen-bond donors (Lipinski definition) is 1. The molecule has 0 spiro atoms. The van der Waals surface area contributed by atoms with E-state index in [1.807, 2.05) is 19.1 Å². The van der Waals surface area contributed by atoms with Gasteiger partial charge in [-0.1, -0.05) is 19.9 Å². The van der Waals surface area contributed by atoms with Gasteiger partial charge in [0.1, 0.15) is 24.5 Å². The highest BCUT2D eigenvalue weighted by Gasteiger charge is 2.08. The van der Waals surface area contributed by atoms with Gasteiger partial charge in [-0.15, -0.1) is 0 Å². The van der Waals surface area contributed by atoms with E-state index in [0.717, 1.165) is 11.6 Å². The average molecular weight is 300 g/mol. The van der Waals surface area contributed by atoms with Crippen LogP contribution in [-0.4, -0.2) is 27.6 Å². The van der Waals surface area contributed by atoms with Crippen LogP contribution >= 0.6 is 0 Å². The maximum absolute atomic E-state index is 5.85. The Bertz CT molecular complexity index is 608. The van der Waals surface area contributed by atoms with Crippen molar-refractivity contribution in [3.63, 3.8) is 0 Å². The van der Waals surface area contributed by atoms with Crippen molar-refractivity contribution in [2.24, 2.45) is 0 Å². The lowest BCUT2D eigenvalue weighted by Gasteiger charge is -2.16. The summed E-state index contributed by atoms with van der Waals surface area (Å²) in [6.45, 7) is 10.9. The first-order valence-electron chi connectivity index (χ1n) is 7.60. The largest absolute Gasteiger partial charge is 0.491 e. The number of aromatic nitrogens is 3. The first-order chi connectivity index (χ1) is 10.4. The second kappa shape index (κ2) is 7.20. The number of nitrogens with zero attached hydrogens (tertiary/aromatic N) is 3. The Hall–Kier alpha value is -2.17. The van der Waals surface area contributed by atoms with Crippen LogP contribution < -0.4 is 10.1 Å². The third-order valence-electron chi connectivity index (χ3n) is 3.18. The Labute approximate surface area is 132 Å². The van der Waals surface area contributed by atoms with Gasteiger partial charge in [0.25, 0.3) is 0 Å². The fourth-order valence-corrected chi connectivity index (χ4v) is 2.16. The van der Waals surface area contributed by atoms with Gasteiger partial charge in [0.2, 0.25) is 5.95 Å². The molecular weight excluding hydrogens is 276 g/mol. The number of rotatable bonds is 6.